The second-order valence-corrected chi connectivity index (χ2v) is 14.7. The highest BCUT2D eigenvalue weighted by Gasteiger charge is 2.41. The van der Waals surface area contributed by atoms with Crippen LogP contribution in [0.15, 0.2) is 51.1 Å². The molecule has 36 heavy (non-hydrogen) atoms. The summed E-state index contributed by atoms with van der Waals surface area (Å²) in [6.45, 7) is 11.7. The van der Waals surface area contributed by atoms with Crippen molar-refractivity contribution in [3.63, 3.8) is 0 Å². The summed E-state index contributed by atoms with van der Waals surface area (Å²) in [6, 6.07) is 9.47. The number of sulfonamides is 1. The van der Waals surface area contributed by atoms with Crippen LogP contribution in [0, 0.1) is 6.92 Å². The first kappa shape index (κ1) is 26.6. The fourth-order valence-electron chi connectivity index (χ4n) is 4.94. The Kier molecular flexibility index (Phi) is 6.54. The first-order valence-electron chi connectivity index (χ1n) is 12.0. The number of carbonyl (C=O) groups excluding carboxylic acids is 1. The molecule has 1 saturated heterocycles. The Morgan fingerprint density at radius 2 is 1.67 bits per heavy atom. The van der Waals surface area contributed by atoms with Gasteiger partial charge in [0.15, 0.2) is 0 Å². The third kappa shape index (κ3) is 4.78. The maximum Gasteiger partial charge on any atom is 0.410 e. The van der Waals surface area contributed by atoms with E-state index in [4.69, 9.17) is 4.74 Å². The lowest BCUT2D eigenvalue weighted by Gasteiger charge is -2.35. The topological polar surface area (TPSA) is 110 Å². The Morgan fingerprint density at radius 3 is 2.28 bits per heavy atom. The molecule has 196 valence electrons. The molecule has 2 aromatic rings. The molecular weight excluding hydrogens is 500 g/mol. The number of nitrogens with one attached hydrogen (secondary N) is 1. The van der Waals surface area contributed by atoms with E-state index < -0.39 is 37.0 Å². The molecular formula is C26H34N2O6S2. The van der Waals surface area contributed by atoms with Crippen molar-refractivity contribution in [3.05, 3.63) is 53.1 Å². The smallest absolute Gasteiger partial charge is 0.410 e. The number of hydrogen-bond donors (Lipinski definition) is 1. The van der Waals surface area contributed by atoms with Gasteiger partial charge in [0.25, 0.3) is 0 Å². The largest absolute Gasteiger partial charge is 0.444 e. The summed E-state index contributed by atoms with van der Waals surface area (Å²) in [6.07, 6.45) is 0.449. The molecule has 0 unspecified atom stereocenters. The number of rotatable bonds is 3. The molecule has 8 nitrogen and oxygen atoms in total. The van der Waals surface area contributed by atoms with Crippen molar-refractivity contribution in [2.45, 2.75) is 86.1 Å². The summed E-state index contributed by atoms with van der Waals surface area (Å²) in [5.41, 5.74) is 0.557. The number of hydrogen-bond acceptors (Lipinski definition) is 6. The van der Waals surface area contributed by atoms with Crippen LogP contribution in [0.3, 0.4) is 0 Å². The van der Waals surface area contributed by atoms with E-state index in [-0.39, 0.29) is 20.7 Å². The van der Waals surface area contributed by atoms with Crippen molar-refractivity contribution >= 4 is 26.0 Å². The van der Waals surface area contributed by atoms with E-state index >= 15 is 0 Å². The van der Waals surface area contributed by atoms with Gasteiger partial charge in [-0.2, -0.15) is 0 Å². The number of likely N-dealkylation sites (tertiary alicyclic amines) is 1. The minimum atomic E-state index is -4.00. The normalized spacial score (nSPS) is 19.3. The zero-order valence-corrected chi connectivity index (χ0v) is 23.2. The fourth-order valence-corrected chi connectivity index (χ4v) is 8.56. The van der Waals surface area contributed by atoms with Crippen LogP contribution >= 0.6 is 0 Å². The van der Waals surface area contributed by atoms with Crippen LogP contribution < -0.4 is 4.72 Å². The summed E-state index contributed by atoms with van der Waals surface area (Å²) in [4.78, 5) is 14.1. The third-order valence-electron chi connectivity index (χ3n) is 6.85. The maximum absolute atomic E-state index is 13.5. The molecule has 0 spiro atoms. The van der Waals surface area contributed by atoms with Gasteiger partial charge in [-0.25, -0.2) is 26.4 Å². The van der Waals surface area contributed by atoms with Crippen LogP contribution in [0.5, 0.6) is 0 Å². The molecule has 0 bridgehead atoms. The highest BCUT2D eigenvalue weighted by molar-refractivity contribution is 7.92. The first-order valence-corrected chi connectivity index (χ1v) is 15.0. The summed E-state index contributed by atoms with van der Waals surface area (Å²) >= 11 is 0. The average molecular weight is 535 g/mol. The second kappa shape index (κ2) is 8.85. The van der Waals surface area contributed by atoms with Gasteiger partial charge in [0, 0.05) is 24.5 Å². The van der Waals surface area contributed by atoms with Crippen LogP contribution in [-0.4, -0.2) is 52.6 Å². The number of benzene rings is 2. The van der Waals surface area contributed by atoms with Gasteiger partial charge in [-0.1, -0.05) is 38.1 Å². The summed E-state index contributed by atoms with van der Waals surface area (Å²) < 4.78 is 62.0. The van der Waals surface area contributed by atoms with E-state index in [9.17, 15) is 21.6 Å². The van der Waals surface area contributed by atoms with Crippen molar-refractivity contribution in [2.24, 2.45) is 0 Å². The minimum absolute atomic E-state index is 0.0249. The van der Waals surface area contributed by atoms with Gasteiger partial charge in [0.1, 0.15) is 5.60 Å². The molecule has 0 aromatic heterocycles. The lowest BCUT2D eigenvalue weighted by molar-refractivity contribution is 0.0203. The molecule has 2 heterocycles. The minimum Gasteiger partial charge on any atom is -0.444 e. The van der Waals surface area contributed by atoms with E-state index in [1.54, 1.807) is 56.9 Å². The molecule has 1 N–H and O–H groups in total. The van der Waals surface area contributed by atoms with Crippen LogP contribution in [0.1, 0.15) is 64.2 Å². The fraction of sp³-hybridized carbons (Fsp3) is 0.500. The molecule has 2 aliphatic rings. The quantitative estimate of drug-likeness (QED) is 0.634. The standard InChI is InChI=1S/C26H34N2O6S2/c1-17-15-20-23(35(30,31)21-10-8-7-9-19(21)26(20,5)6)16-22(17)36(32,33)27-18-11-13-28(14-12-18)24(29)34-25(2,3)4/h7-10,15-16,18,27H,11-14H2,1-6H3. The van der Waals surface area contributed by atoms with E-state index in [0.717, 1.165) is 0 Å². The monoisotopic (exact) mass is 534 g/mol. The van der Waals surface area contributed by atoms with Crippen LogP contribution in [0.4, 0.5) is 4.79 Å². The molecule has 1 amide bonds. The Labute approximate surface area is 214 Å². The summed E-state index contributed by atoms with van der Waals surface area (Å²) in [5.74, 6) is 0. The second-order valence-electron chi connectivity index (χ2n) is 11.1. The van der Waals surface area contributed by atoms with Gasteiger partial charge in [-0.05, 0) is 69.4 Å². The van der Waals surface area contributed by atoms with Crippen LogP contribution in [0.2, 0.25) is 0 Å². The molecule has 2 aliphatic heterocycles. The predicted octanol–water partition coefficient (Wildman–Crippen LogP) is 4.14. The van der Waals surface area contributed by atoms with Crippen LogP contribution in [-0.2, 0) is 30.0 Å². The molecule has 0 saturated carbocycles. The molecule has 0 atom stereocenters. The van der Waals surface area contributed by atoms with E-state index in [1.165, 1.54) is 6.07 Å². The lowest BCUT2D eigenvalue weighted by atomic mass is 9.77. The van der Waals surface area contributed by atoms with Gasteiger partial charge in [-0.15, -0.1) is 0 Å². The number of piperidine rings is 1. The number of sulfone groups is 1. The first-order chi connectivity index (χ1) is 16.5. The zero-order valence-electron chi connectivity index (χ0n) is 21.6. The summed E-state index contributed by atoms with van der Waals surface area (Å²) in [5, 5.41) is 0. The number of nitrogens with zero attached hydrogens (tertiary/aromatic N) is 1. The van der Waals surface area contributed by atoms with E-state index in [0.29, 0.717) is 42.6 Å². The molecule has 0 aliphatic carbocycles. The van der Waals surface area contributed by atoms with Gasteiger partial charge in [-0.3, -0.25) is 0 Å². The molecule has 10 heteroatoms. The zero-order chi connectivity index (χ0) is 26.7. The molecule has 1 fully saturated rings. The Morgan fingerprint density at radius 1 is 1.06 bits per heavy atom. The van der Waals surface area contributed by atoms with Gasteiger partial charge < -0.3 is 9.64 Å². The average Bonchev–Trinajstić information content (AvgIpc) is 2.77. The Balaban J connectivity index is 1.60. The van der Waals surface area contributed by atoms with Crippen molar-refractivity contribution in [3.8, 4) is 0 Å². The number of fused-ring (bicyclic) bond motifs is 2. The van der Waals surface area contributed by atoms with E-state index in [2.05, 4.69) is 4.72 Å². The number of amides is 1. The summed E-state index contributed by atoms with van der Waals surface area (Å²) in [7, 11) is -7.89. The predicted molar refractivity (Wildman–Crippen MR) is 136 cm³/mol. The Hall–Kier alpha value is -2.43. The van der Waals surface area contributed by atoms with Crippen molar-refractivity contribution in [2.75, 3.05) is 13.1 Å². The number of carbonyl (C=O) groups is 1. The number of aryl methyl sites for hydroxylation is 1. The Bertz CT molecular complexity index is 1410. The van der Waals surface area contributed by atoms with E-state index in [1.807, 2.05) is 19.9 Å². The van der Waals surface area contributed by atoms with Gasteiger partial charge in [0.2, 0.25) is 19.9 Å². The number of ether oxygens (including phenoxy) is 1. The third-order valence-corrected chi connectivity index (χ3v) is 10.4. The maximum atomic E-state index is 13.5. The van der Waals surface area contributed by atoms with Crippen molar-refractivity contribution < 1.29 is 26.4 Å². The van der Waals surface area contributed by atoms with Gasteiger partial charge in [0.05, 0.1) is 14.7 Å². The van der Waals surface area contributed by atoms with Gasteiger partial charge >= 0.3 is 6.09 Å². The molecule has 0 radical (unpaired) electrons. The highest BCUT2D eigenvalue weighted by Crippen LogP contribution is 2.46. The van der Waals surface area contributed by atoms with Crippen molar-refractivity contribution in [1.29, 1.82) is 0 Å². The SMILES string of the molecule is Cc1cc2c(cc1S(=O)(=O)NC1CCN(C(=O)OC(C)(C)C)CC1)S(=O)(=O)c1ccccc1C2(C)C. The molecule has 4 rings (SSSR count). The van der Waals surface area contributed by atoms with Crippen LogP contribution in [0.25, 0.3) is 0 Å². The molecule has 2 aromatic carbocycles. The highest BCUT2D eigenvalue weighted by atomic mass is 32.2. The lowest BCUT2D eigenvalue weighted by Crippen LogP contribution is -2.47. The van der Waals surface area contributed by atoms with Crippen molar-refractivity contribution in [1.82, 2.24) is 9.62 Å².